The van der Waals surface area contributed by atoms with Crippen LogP contribution in [0, 0.1) is 0 Å². The molecule has 0 saturated heterocycles. The molecule has 0 N–H and O–H groups in total. The molecule has 1 aromatic heterocycles. The number of rotatable bonds is 4. The molecular weight excluding hydrogens is 392 g/mol. The van der Waals surface area contributed by atoms with Gasteiger partial charge in [0.1, 0.15) is 39.4 Å². The number of hydrogen-bond donors (Lipinski definition) is 0. The molecule has 1 unspecified atom stereocenters. The van der Waals surface area contributed by atoms with E-state index >= 15 is 0 Å². The average Bonchev–Trinajstić information content (AvgIpc) is 2.71. The predicted molar refractivity (Wildman–Crippen MR) is 111 cm³/mol. The number of pyridine rings is 1. The monoisotopic (exact) mass is 416 g/mol. The van der Waals surface area contributed by atoms with Crippen molar-refractivity contribution in [3.63, 3.8) is 0 Å². The third kappa shape index (κ3) is 4.71. The lowest BCUT2D eigenvalue weighted by atomic mass is 9.97. The largest absolute Gasteiger partial charge is 0.591 e. The van der Waals surface area contributed by atoms with Crippen LogP contribution in [0.15, 0.2) is 40.9 Å². The van der Waals surface area contributed by atoms with Gasteiger partial charge in [-0.15, -0.1) is 0 Å². The summed E-state index contributed by atoms with van der Waals surface area (Å²) in [6.45, 7) is 5.64. The molecule has 2 atom stereocenters. The van der Waals surface area contributed by atoms with Crippen LogP contribution in [0.4, 0.5) is 0 Å². The van der Waals surface area contributed by atoms with Crippen molar-refractivity contribution in [1.29, 1.82) is 0 Å². The number of aromatic nitrogens is 1. The summed E-state index contributed by atoms with van der Waals surface area (Å²) < 4.78 is 32.8. The lowest BCUT2D eigenvalue weighted by molar-refractivity contribution is 0.0600. The third-order valence-electron chi connectivity index (χ3n) is 4.40. The van der Waals surface area contributed by atoms with Gasteiger partial charge in [0.25, 0.3) is 0 Å². The van der Waals surface area contributed by atoms with Gasteiger partial charge in [0.05, 0.1) is 25.5 Å². The van der Waals surface area contributed by atoms with E-state index in [2.05, 4.69) is 9.38 Å². The zero-order valence-corrected chi connectivity index (χ0v) is 17.9. The molecule has 0 aliphatic carbocycles. The van der Waals surface area contributed by atoms with Crippen LogP contribution < -0.4 is 9.47 Å². The van der Waals surface area contributed by atoms with Gasteiger partial charge in [0.2, 0.25) is 0 Å². The highest BCUT2D eigenvalue weighted by atomic mass is 32.2. The molecule has 0 bridgehead atoms. The fourth-order valence-corrected chi connectivity index (χ4v) is 3.42. The third-order valence-corrected chi connectivity index (χ3v) is 5.84. The average molecular weight is 416 g/mol. The Labute approximate surface area is 173 Å². The van der Waals surface area contributed by atoms with Crippen LogP contribution in [0.3, 0.4) is 0 Å². The van der Waals surface area contributed by atoms with Crippen molar-refractivity contribution in [1.82, 2.24) is 4.98 Å². The number of ether oxygens (including phenoxy) is 3. The van der Waals surface area contributed by atoms with Crippen molar-refractivity contribution < 1.29 is 23.6 Å². The number of methoxy groups -OCH3 is 2. The van der Waals surface area contributed by atoms with E-state index in [0.717, 1.165) is 5.56 Å². The van der Waals surface area contributed by atoms with E-state index in [4.69, 9.17) is 14.2 Å². The van der Waals surface area contributed by atoms with Gasteiger partial charge >= 0.3 is 5.97 Å². The Bertz CT molecular complexity index is 922. The van der Waals surface area contributed by atoms with Gasteiger partial charge in [-0.05, 0) is 45.0 Å². The second kappa shape index (κ2) is 8.42. The quantitative estimate of drug-likeness (QED) is 0.558. The lowest BCUT2D eigenvalue weighted by Crippen LogP contribution is -2.29. The van der Waals surface area contributed by atoms with Gasteiger partial charge < -0.3 is 18.8 Å². The van der Waals surface area contributed by atoms with Crippen molar-refractivity contribution in [2.24, 2.45) is 4.40 Å². The van der Waals surface area contributed by atoms with Crippen LogP contribution in [-0.4, -0.2) is 40.2 Å². The van der Waals surface area contributed by atoms with Gasteiger partial charge in [0, 0.05) is 24.2 Å². The normalized spacial score (nSPS) is 18.6. The summed E-state index contributed by atoms with van der Waals surface area (Å²) in [5, 5.41) is 0. The van der Waals surface area contributed by atoms with Crippen LogP contribution in [-0.2, 0) is 16.1 Å². The van der Waals surface area contributed by atoms with E-state index in [-0.39, 0.29) is 0 Å². The first-order valence-corrected chi connectivity index (χ1v) is 10.2. The SMILES string of the molecule is COC(=O)c1ccc([C@H]2C/C(=N/[S+]([O-])C(C)(C)C)c3ccc(OC)cc3O2)nc1. The molecule has 8 heteroatoms. The number of carbonyl (C=O) groups excluding carboxylic acids is 1. The molecule has 29 heavy (non-hydrogen) atoms. The maximum atomic E-state index is 12.7. The van der Waals surface area contributed by atoms with Crippen molar-refractivity contribution in [2.45, 2.75) is 38.0 Å². The Morgan fingerprint density at radius 2 is 2.03 bits per heavy atom. The highest BCUT2D eigenvalue weighted by molar-refractivity contribution is 7.91. The van der Waals surface area contributed by atoms with Crippen LogP contribution in [0.5, 0.6) is 11.5 Å². The van der Waals surface area contributed by atoms with Crippen LogP contribution >= 0.6 is 0 Å². The minimum Gasteiger partial charge on any atom is -0.591 e. The van der Waals surface area contributed by atoms with Crippen molar-refractivity contribution in [3.8, 4) is 11.5 Å². The van der Waals surface area contributed by atoms with Crippen LogP contribution in [0.1, 0.15) is 54.9 Å². The molecule has 0 radical (unpaired) electrons. The highest BCUT2D eigenvalue weighted by Gasteiger charge is 2.33. The number of benzene rings is 1. The molecule has 3 rings (SSSR count). The molecule has 0 saturated carbocycles. The van der Waals surface area contributed by atoms with Crippen LogP contribution in [0.2, 0.25) is 0 Å². The Hall–Kier alpha value is -2.58. The molecule has 0 fully saturated rings. The topological polar surface area (TPSA) is 93.1 Å². The fraction of sp³-hybridized carbons (Fsp3) is 0.381. The van der Waals surface area contributed by atoms with E-state index in [0.29, 0.717) is 34.9 Å². The van der Waals surface area contributed by atoms with Crippen molar-refractivity contribution in [3.05, 3.63) is 53.3 Å². The summed E-state index contributed by atoms with van der Waals surface area (Å²) in [6, 6.07) is 8.82. The zero-order chi connectivity index (χ0) is 21.2. The predicted octanol–water partition coefficient (Wildman–Crippen LogP) is 3.65. The smallest absolute Gasteiger partial charge is 0.339 e. The van der Waals surface area contributed by atoms with E-state index < -0.39 is 28.2 Å². The van der Waals surface area contributed by atoms with E-state index in [9.17, 15) is 9.35 Å². The molecule has 1 aliphatic rings. The summed E-state index contributed by atoms with van der Waals surface area (Å²) in [4.78, 5) is 16.0. The van der Waals surface area contributed by atoms with Gasteiger partial charge in [-0.2, -0.15) is 0 Å². The Kier molecular flexibility index (Phi) is 6.14. The molecule has 154 valence electrons. The summed E-state index contributed by atoms with van der Waals surface area (Å²) in [5.74, 6) is 0.783. The van der Waals surface area contributed by atoms with Gasteiger partial charge in [-0.1, -0.05) is 4.40 Å². The fourth-order valence-electron chi connectivity index (χ4n) is 2.77. The summed E-state index contributed by atoms with van der Waals surface area (Å²) in [7, 11) is 2.90. The van der Waals surface area contributed by atoms with E-state index in [1.807, 2.05) is 32.9 Å². The molecule has 2 heterocycles. The first kappa shape index (κ1) is 21.1. The van der Waals surface area contributed by atoms with E-state index in [1.165, 1.54) is 13.3 Å². The molecule has 0 spiro atoms. The molecule has 2 aromatic rings. The van der Waals surface area contributed by atoms with Gasteiger partial charge in [0.15, 0.2) is 0 Å². The number of hydrogen-bond acceptors (Lipinski definition) is 7. The highest BCUT2D eigenvalue weighted by Crippen LogP contribution is 2.37. The summed E-state index contributed by atoms with van der Waals surface area (Å²) in [6.07, 6.45) is 1.43. The van der Waals surface area contributed by atoms with Gasteiger partial charge in [-0.3, -0.25) is 4.98 Å². The maximum absolute atomic E-state index is 12.7. The van der Waals surface area contributed by atoms with Gasteiger partial charge in [-0.25, -0.2) is 4.79 Å². The standard InChI is InChI=1S/C21H24N2O5S/c1-21(2,3)29(25)23-17-11-19(16-9-6-13(12-22-16)20(24)27-5)28-18-10-14(26-4)7-8-15(17)18/h6-10,12,19H,11H2,1-5H3/b23-17-/t19-,29?/m1/s1. The number of fused-ring (bicyclic) bond motifs is 1. The second-order valence-electron chi connectivity index (χ2n) is 7.54. The first-order chi connectivity index (χ1) is 13.7. The molecular formula is C21H24N2O5S. The minimum absolute atomic E-state index is 0.358. The number of nitrogens with zero attached hydrogens (tertiary/aromatic N) is 2. The number of carbonyl (C=O) groups is 1. The maximum Gasteiger partial charge on any atom is 0.339 e. The minimum atomic E-state index is -1.41. The van der Waals surface area contributed by atoms with Crippen molar-refractivity contribution in [2.75, 3.05) is 14.2 Å². The second-order valence-corrected chi connectivity index (χ2v) is 9.44. The molecule has 1 aliphatic heterocycles. The molecule has 0 amide bonds. The Morgan fingerprint density at radius 3 is 2.62 bits per heavy atom. The van der Waals surface area contributed by atoms with Crippen molar-refractivity contribution >= 4 is 23.0 Å². The first-order valence-electron chi connectivity index (χ1n) is 9.12. The lowest BCUT2D eigenvalue weighted by Gasteiger charge is -2.28. The Morgan fingerprint density at radius 1 is 1.28 bits per heavy atom. The van der Waals surface area contributed by atoms with Crippen LogP contribution in [0.25, 0.3) is 0 Å². The number of esters is 1. The summed E-state index contributed by atoms with van der Waals surface area (Å²) >= 11 is -1.41. The zero-order valence-electron chi connectivity index (χ0n) is 17.1. The Balaban J connectivity index is 1.99. The summed E-state index contributed by atoms with van der Waals surface area (Å²) in [5.41, 5.74) is 2.47. The van der Waals surface area contributed by atoms with E-state index in [1.54, 1.807) is 25.3 Å². The molecule has 1 aromatic carbocycles. The molecule has 7 nitrogen and oxygen atoms in total.